The van der Waals surface area contributed by atoms with Crippen LogP contribution in [-0.4, -0.2) is 38.1 Å². The number of aryl methyl sites for hydroxylation is 2. The summed E-state index contributed by atoms with van der Waals surface area (Å²) in [4.78, 5) is 29.4. The van der Waals surface area contributed by atoms with Gasteiger partial charge in [0.05, 0.1) is 12.7 Å². The van der Waals surface area contributed by atoms with Gasteiger partial charge in [0.2, 0.25) is 0 Å². The van der Waals surface area contributed by atoms with Gasteiger partial charge in [0.1, 0.15) is 5.69 Å². The molecule has 6 nitrogen and oxygen atoms in total. The normalized spacial score (nSPS) is 10.4. The predicted octanol–water partition coefficient (Wildman–Crippen LogP) is 3.04. The Morgan fingerprint density at radius 3 is 2.38 bits per heavy atom. The number of nitrogens with zero attached hydrogens (tertiary/aromatic N) is 1. The van der Waals surface area contributed by atoms with Crippen molar-refractivity contribution in [2.24, 2.45) is 0 Å². The van der Waals surface area contributed by atoms with E-state index in [1.807, 2.05) is 44.1 Å². The molecule has 1 aromatic heterocycles. The van der Waals surface area contributed by atoms with Crippen LogP contribution in [0.2, 0.25) is 0 Å². The second-order valence-corrected chi connectivity index (χ2v) is 5.96. The van der Waals surface area contributed by atoms with Crippen LogP contribution >= 0.6 is 0 Å². The van der Waals surface area contributed by atoms with Gasteiger partial charge < -0.3 is 19.9 Å². The number of hydrogen-bond acceptors (Lipinski definition) is 4. The number of carbonyl (C=O) groups is 2. The minimum Gasteiger partial charge on any atom is -0.465 e. The lowest BCUT2D eigenvalue weighted by molar-refractivity contribution is 0.0599. The second-order valence-electron chi connectivity index (χ2n) is 5.96. The third-order valence-electron chi connectivity index (χ3n) is 4.03. The molecule has 2 rings (SSSR count). The molecule has 0 radical (unpaired) electrons. The van der Waals surface area contributed by atoms with Crippen LogP contribution < -0.4 is 10.2 Å². The van der Waals surface area contributed by atoms with Crippen molar-refractivity contribution < 1.29 is 14.3 Å². The maximum Gasteiger partial charge on any atom is 0.339 e. The Hall–Kier alpha value is -2.76. The number of carbonyl (C=O) groups excluding carboxylic acids is 2. The number of hydrogen-bond donors (Lipinski definition) is 2. The largest absolute Gasteiger partial charge is 0.465 e. The molecule has 6 heteroatoms. The van der Waals surface area contributed by atoms with Crippen molar-refractivity contribution in [2.45, 2.75) is 20.8 Å². The van der Waals surface area contributed by atoms with Gasteiger partial charge in [-0.15, -0.1) is 0 Å². The van der Waals surface area contributed by atoms with E-state index in [4.69, 9.17) is 4.74 Å². The summed E-state index contributed by atoms with van der Waals surface area (Å²) in [5.74, 6) is -0.738. The first-order chi connectivity index (χ1) is 11.3. The second kappa shape index (κ2) is 6.78. The molecule has 0 saturated carbocycles. The summed E-state index contributed by atoms with van der Waals surface area (Å²) in [5, 5.41) is 2.89. The molecule has 0 aliphatic carbocycles. The van der Waals surface area contributed by atoms with Crippen LogP contribution in [0.25, 0.3) is 0 Å². The molecule has 1 aromatic carbocycles. The van der Waals surface area contributed by atoms with E-state index in [0.29, 0.717) is 22.5 Å². The summed E-state index contributed by atoms with van der Waals surface area (Å²) in [6.45, 7) is 5.41. The van der Waals surface area contributed by atoms with Gasteiger partial charge in [0, 0.05) is 31.2 Å². The summed E-state index contributed by atoms with van der Waals surface area (Å²) in [5.41, 5.74) is 4.72. The third kappa shape index (κ3) is 3.27. The highest BCUT2D eigenvalue weighted by atomic mass is 16.5. The number of nitrogens with one attached hydrogen (secondary N) is 2. The van der Waals surface area contributed by atoms with Gasteiger partial charge in [-0.25, -0.2) is 4.79 Å². The van der Waals surface area contributed by atoms with E-state index in [1.54, 1.807) is 13.8 Å². The van der Waals surface area contributed by atoms with Gasteiger partial charge in [0.25, 0.3) is 5.91 Å². The predicted molar refractivity (Wildman–Crippen MR) is 95.1 cm³/mol. The highest BCUT2D eigenvalue weighted by Gasteiger charge is 2.22. The molecule has 0 fully saturated rings. The number of benzene rings is 1. The molecule has 0 atom stereocenters. The smallest absolute Gasteiger partial charge is 0.339 e. The first kappa shape index (κ1) is 17.6. The molecular weight excluding hydrogens is 306 g/mol. The van der Waals surface area contributed by atoms with E-state index >= 15 is 0 Å². The quantitative estimate of drug-likeness (QED) is 0.846. The summed E-state index contributed by atoms with van der Waals surface area (Å²) >= 11 is 0. The topological polar surface area (TPSA) is 74.4 Å². The number of aromatic amines is 1. The fraction of sp³-hybridized carbons (Fsp3) is 0.333. The van der Waals surface area contributed by atoms with Crippen molar-refractivity contribution in [3.05, 3.63) is 46.3 Å². The van der Waals surface area contributed by atoms with Crippen molar-refractivity contribution in [1.29, 1.82) is 0 Å². The van der Waals surface area contributed by atoms with Crippen molar-refractivity contribution in [2.75, 3.05) is 31.4 Å². The average molecular weight is 329 g/mol. The number of anilines is 2. The Labute approximate surface area is 141 Å². The fourth-order valence-electron chi connectivity index (χ4n) is 2.64. The molecule has 0 saturated heterocycles. The molecule has 24 heavy (non-hydrogen) atoms. The number of esters is 1. The highest BCUT2D eigenvalue weighted by molar-refractivity contribution is 6.07. The van der Waals surface area contributed by atoms with Crippen LogP contribution in [-0.2, 0) is 4.74 Å². The molecule has 1 heterocycles. The zero-order chi connectivity index (χ0) is 18.0. The zero-order valence-electron chi connectivity index (χ0n) is 14.9. The highest BCUT2D eigenvalue weighted by Crippen LogP contribution is 2.24. The van der Waals surface area contributed by atoms with Gasteiger partial charge >= 0.3 is 5.97 Å². The van der Waals surface area contributed by atoms with Crippen molar-refractivity contribution in [1.82, 2.24) is 4.98 Å². The van der Waals surface area contributed by atoms with Gasteiger partial charge in [-0.05, 0) is 50.1 Å². The van der Waals surface area contributed by atoms with Crippen LogP contribution in [0.4, 0.5) is 11.4 Å². The third-order valence-corrected chi connectivity index (χ3v) is 4.03. The van der Waals surface area contributed by atoms with E-state index in [-0.39, 0.29) is 5.91 Å². The number of methoxy groups -OCH3 is 1. The summed E-state index contributed by atoms with van der Waals surface area (Å²) < 4.78 is 4.77. The standard InChI is InChI=1S/C18H23N3O3/c1-10-9-13(21(4)5)7-8-14(10)20-17(22)16-11(2)15(12(3)19-16)18(23)24-6/h7-9,19H,1-6H3,(H,20,22). The lowest BCUT2D eigenvalue weighted by atomic mass is 10.1. The Bertz CT molecular complexity index is 791. The number of H-pyrrole nitrogens is 1. The molecule has 0 bridgehead atoms. The van der Waals surface area contributed by atoms with E-state index in [0.717, 1.165) is 16.9 Å². The lowest BCUT2D eigenvalue weighted by Crippen LogP contribution is -2.15. The SMILES string of the molecule is COC(=O)c1c(C)[nH]c(C(=O)Nc2ccc(N(C)C)cc2C)c1C. The number of amides is 1. The van der Waals surface area contributed by atoms with Crippen molar-refractivity contribution in [3.63, 3.8) is 0 Å². The summed E-state index contributed by atoms with van der Waals surface area (Å²) in [6.07, 6.45) is 0. The van der Waals surface area contributed by atoms with Gasteiger partial charge in [-0.3, -0.25) is 4.79 Å². The van der Waals surface area contributed by atoms with E-state index < -0.39 is 5.97 Å². The van der Waals surface area contributed by atoms with Gasteiger partial charge in [-0.2, -0.15) is 0 Å². The summed E-state index contributed by atoms with van der Waals surface area (Å²) in [7, 11) is 5.25. The van der Waals surface area contributed by atoms with Crippen LogP contribution in [0.5, 0.6) is 0 Å². The molecule has 128 valence electrons. The first-order valence-electron chi connectivity index (χ1n) is 7.63. The fourth-order valence-corrected chi connectivity index (χ4v) is 2.64. The van der Waals surface area contributed by atoms with E-state index in [1.165, 1.54) is 7.11 Å². The molecule has 0 spiro atoms. The van der Waals surface area contributed by atoms with Crippen LogP contribution in [0, 0.1) is 20.8 Å². The molecule has 0 aliphatic heterocycles. The van der Waals surface area contributed by atoms with Crippen LogP contribution in [0.1, 0.15) is 37.7 Å². The number of ether oxygens (including phenoxy) is 1. The maximum absolute atomic E-state index is 12.6. The Balaban J connectivity index is 2.30. The molecule has 1 amide bonds. The van der Waals surface area contributed by atoms with E-state index in [9.17, 15) is 9.59 Å². The molecular formula is C18H23N3O3. The Kier molecular flexibility index (Phi) is 4.97. The zero-order valence-corrected chi connectivity index (χ0v) is 14.9. The Morgan fingerprint density at radius 2 is 1.83 bits per heavy atom. The number of rotatable bonds is 4. The molecule has 0 unspecified atom stereocenters. The Morgan fingerprint density at radius 1 is 1.17 bits per heavy atom. The van der Waals surface area contributed by atoms with Gasteiger partial charge in [0.15, 0.2) is 0 Å². The monoisotopic (exact) mass is 329 g/mol. The van der Waals surface area contributed by atoms with Crippen LogP contribution in [0.3, 0.4) is 0 Å². The van der Waals surface area contributed by atoms with E-state index in [2.05, 4.69) is 10.3 Å². The molecule has 2 N–H and O–H groups in total. The average Bonchev–Trinajstić information content (AvgIpc) is 2.83. The minimum atomic E-state index is -0.452. The lowest BCUT2D eigenvalue weighted by Gasteiger charge is -2.15. The summed E-state index contributed by atoms with van der Waals surface area (Å²) in [6, 6.07) is 5.81. The maximum atomic E-state index is 12.6. The van der Waals surface area contributed by atoms with Crippen molar-refractivity contribution >= 4 is 23.3 Å². The van der Waals surface area contributed by atoms with Crippen molar-refractivity contribution in [3.8, 4) is 0 Å². The molecule has 2 aromatic rings. The van der Waals surface area contributed by atoms with Crippen LogP contribution in [0.15, 0.2) is 18.2 Å². The minimum absolute atomic E-state index is 0.286. The molecule has 0 aliphatic rings. The number of aromatic nitrogens is 1. The first-order valence-corrected chi connectivity index (χ1v) is 7.63. The van der Waals surface area contributed by atoms with Gasteiger partial charge in [-0.1, -0.05) is 0 Å².